The van der Waals surface area contributed by atoms with Crippen LogP contribution in [0.5, 0.6) is 5.75 Å². The molecule has 1 unspecified atom stereocenters. The number of rotatable bonds is 8. The number of benzene rings is 2. The number of aliphatic hydroxyl groups is 2. The van der Waals surface area contributed by atoms with E-state index in [2.05, 4.69) is 5.32 Å². The molecule has 0 fully saturated rings. The van der Waals surface area contributed by atoms with E-state index in [1.807, 2.05) is 0 Å². The van der Waals surface area contributed by atoms with Gasteiger partial charge in [-0.1, -0.05) is 6.07 Å². The van der Waals surface area contributed by atoms with Crippen molar-refractivity contribution >= 4 is 17.1 Å². The van der Waals surface area contributed by atoms with Crippen LogP contribution >= 0.6 is 0 Å². The average Bonchev–Trinajstić information content (AvgIpc) is 2.56. The lowest BCUT2D eigenvalue weighted by Crippen LogP contribution is -2.16. The Morgan fingerprint density at radius 3 is 2.62 bits per heavy atom. The van der Waals surface area contributed by atoms with E-state index in [-0.39, 0.29) is 30.2 Å². The van der Waals surface area contributed by atoms with E-state index in [0.29, 0.717) is 5.56 Å². The molecule has 0 saturated heterocycles. The van der Waals surface area contributed by atoms with Crippen LogP contribution in [0, 0.1) is 28.7 Å². The molecule has 140 valence electrons. The summed E-state index contributed by atoms with van der Waals surface area (Å²) < 4.78 is 33.0. The van der Waals surface area contributed by atoms with Crippen molar-refractivity contribution in [3.63, 3.8) is 0 Å². The van der Waals surface area contributed by atoms with Crippen molar-refractivity contribution < 1.29 is 28.7 Å². The van der Waals surface area contributed by atoms with Crippen LogP contribution in [0.4, 0.5) is 25.8 Å². The number of ether oxygens (including phenoxy) is 1. The Morgan fingerprint density at radius 1 is 1.27 bits per heavy atom. The molecule has 0 saturated carbocycles. The van der Waals surface area contributed by atoms with Crippen molar-refractivity contribution in [1.29, 1.82) is 0 Å². The Labute approximate surface area is 148 Å². The van der Waals surface area contributed by atoms with E-state index in [9.17, 15) is 24.0 Å². The number of halogens is 2. The molecule has 9 heteroatoms. The molecule has 1 atom stereocenters. The van der Waals surface area contributed by atoms with Crippen LogP contribution in [-0.2, 0) is 0 Å². The van der Waals surface area contributed by atoms with Gasteiger partial charge in [-0.05, 0) is 24.6 Å². The Morgan fingerprint density at radius 2 is 2.00 bits per heavy atom. The standard InChI is InChI=1S/C17H18F2N2O5/c1-10-2-3-14(13(19)6-10)20-15-7-11(18)8-16(17(15)21(24)25)26-5-4-12(23)9-22/h2-3,6-8,12,20,22-23H,4-5,9H2,1H3. The minimum absolute atomic E-state index is 0.000476. The van der Waals surface area contributed by atoms with Crippen molar-refractivity contribution in [3.05, 3.63) is 57.6 Å². The summed E-state index contributed by atoms with van der Waals surface area (Å²) >= 11 is 0. The van der Waals surface area contributed by atoms with Crippen LogP contribution in [0.15, 0.2) is 30.3 Å². The predicted molar refractivity (Wildman–Crippen MR) is 90.7 cm³/mol. The fourth-order valence-corrected chi connectivity index (χ4v) is 2.23. The van der Waals surface area contributed by atoms with Gasteiger partial charge in [-0.2, -0.15) is 0 Å². The van der Waals surface area contributed by atoms with Crippen LogP contribution < -0.4 is 10.1 Å². The molecule has 0 bridgehead atoms. The highest BCUT2D eigenvalue weighted by Crippen LogP contribution is 2.38. The lowest BCUT2D eigenvalue weighted by atomic mass is 10.2. The molecule has 0 heterocycles. The van der Waals surface area contributed by atoms with Gasteiger partial charge in [0.05, 0.1) is 29.9 Å². The predicted octanol–water partition coefficient (Wildman–Crippen LogP) is 3.05. The third-order valence-corrected chi connectivity index (χ3v) is 3.54. The van der Waals surface area contributed by atoms with Gasteiger partial charge in [-0.25, -0.2) is 8.78 Å². The van der Waals surface area contributed by atoms with Crippen molar-refractivity contribution in [1.82, 2.24) is 0 Å². The van der Waals surface area contributed by atoms with Gasteiger partial charge in [0.1, 0.15) is 17.3 Å². The summed E-state index contributed by atoms with van der Waals surface area (Å²) in [7, 11) is 0. The second kappa shape index (κ2) is 8.54. The number of anilines is 2. The maximum absolute atomic E-state index is 14.0. The lowest BCUT2D eigenvalue weighted by molar-refractivity contribution is -0.385. The molecule has 2 rings (SSSR count). The fourth-order valence-electron chi connectivity index (χ4n) is 2.23. The van der Waals surface area contributed by atoms with Gasteiger partial charge in [-0.3, -0.25) is 10.1 Å². The third kappa shape index (κ3) is 4.87. The van der Waals surface area contributed by atoms with Crippen LogP contribution in [0.25, 0.3) is 0 Å². The van der Waals surface area contributed by atoms with E-state index in [1.54, 1.807) is 13.0 Å². The largest absolute Gasteiger partial charge is 0.487 e. The fraction of sp³-hybridized carbons (Fsp3) is 0.294. The molecule has 0 aliphatic carbocycles. The number of hydrogen-bond acceptors (Lipinski definition) is 6. The number of nitro benzene ring substituents is 1. The molecule has 2 aromatic carbocycles. The minimum Gasteiger partial charge on any atom is -0.487 e. The maximum atomic E-state index is 14.0. The summed E-state index contributed by atoms with van der Waals surface area (Å²) in [5, 5.41) is 32.0. The monoisotopic (exact) mass is 368 g/mol. The molecule has 7 nitrogen and oxygen atoms in total. The first kappa shape index (κ1) is 19.5. The molecular weight excluding hydrogens is 350 g/mol. The number of hydrogen-bond donors (Lipinski definition) is 3. The van der Waals surface area contributed by atoms with Crippen LogP contribution in [0.3, 0.4) is 0 Å². The van der Waals surface area contributed by atoms with E-state index >= 15 is 0 Å². The van der Waals surface area contributed by atoms with Gasteiger partial charge in [0.2, 0.25) is 5.75 Å². The van der Waals surface area contributed by atoms with Crippen LogP contribution in [0.1, 0.15) is 12.0 Å². The number of nitro groups is 1. The summed E-state index contributed by atoms with van der Waals surface area (Å²) in [6, 6.07) is 5.93. The quantitative estimate of drug-likeness (QED) is 0.489. The highest BCUT2D eigenvalue weighted by Gasteiger charge is 2.24. The molecule has 0 amide bonds. The van der Waals surface area contributed by atoms with E-state index in [1.165, 1.54) is 12.1 Å². The second-order valence-corrected chi connectivity index (χ2v) is 5.64. The van der Waals surface area contributed by atoms with E-state index < -0.39 is 35.0 Å². The SMILES string of the molecule is Cc1ccc(Nc2cc(F)cc(OCCC(O)CO)c2[N+](=O)[O-])c(F)c1. The van der Waals surface area contributed by atoms with Crippen LogP contribution in [0.2, 0.25) is 0 Å². The van der Waals surface area contributed by atoms with Crippen molar-refractivity contribution in [2.75, 3.05) is 18.5 Å². The highest BCUT2D eigenvalue weighted by atomic mass is 19.1. The summed E-state index contributed by atoms with van der Waals surface area (Å²) in [5.41, 5.74) is -0.223. The molecular formula is C17H18F2N2O5. The highest BCUT2D eigenvalue weighted by molar-refractivity contribution is 5.74. The first-order chi connectivity index (χ1) is 12.3. The molecule has 0 aliphatic rings. The Bertz CT molecular complexity index is 801. The maximum Gasteiger partial charge on any atom is 0.334 e. The van der Waals surface area contributed by atoms with Gasteiger partial charge >= 0.3 is 5.69 Å². The van der Waals surface area contributed by atoms with Gasteiger partial charge in [0.15, 0.2) is 0 Å². The molecule has 0 spiro atoms. The number of aliphatic hydroxyl groups excluding tert-OH is 2. The van der Waals surface area contributed by atoms with Gasteiger partial charge in [-0.15, -0.1) is 0 Å². The summed E-state index contributed by atoms with van der Waals surface area (Å²) in [6.07, 6.45) is -1.05. The molecule has 0 aromatic heterocycles. The molecule has 0 radical (unpaired) electrons. The van der Waals surface area contributed by atoms with Gasteiger partial charge in [0, 0.05) is 18.6 Å². The zero-order valence-corrected chi connectivity index (χ0v) is 13.9. The number of nitrogens with zero attached hydrogens (tertiary/aromatic N) is 1. The summed E-state index contributed by atoms with van der Waals surface area (Å²) in [6.45, 7) is 1.02. The Balaban J connectivity index is 2.34. The van der Waals surface area contributed by atoms with Gasteiger partial charge < -0.3 is 20.3 Å². The number of aryl methyl sites for hydroxylation is 1. The van der Waals surface area contributed by atoms with Crippen molar-refractivity contribution in [2.45, 2.75) is 19.4 Å². The molecule has 2 aromatic rings. The van der Waals surface area contributed by atoms with Crippen molar-refractivity contribution in [2.24, 2.45) is 0 Å². The minimum atomic E-state index is -1.05. The molecule has 3 N–H and O–H groups in total. The van der Waals surface area contributed by atoms with E-state index in [4.69, 9.17) is 9.84 Å². The normalized spacial score (nSPS) is 11.9. The number of nitrogens with one attached hydrogen (secondary N) is 1. The van der Waals surface area contributed by atoms with E-state index in [0.717, 1.165) is 12.1 Å². The Kier molecular flexibility index (Phi) is 6.42. The average molecular weight is 368 g/mol. The lowest BCUT2D eigenvalue weighted by Gasteiger charge is -2.13. The zero-order valence-electron chi connectivity index (χ0n) is 13.9. The molecule has 26 heavy (non-hydrogen) atoms. The first-order valence-corrected chi connectivity index (χ1v) is 7.74. The Hall–Kier alpha value is -2.78. The second-order valence-electron chi connectivity index (χ2n) is 5.64. The topological polar surface area (TPSA) is 105 Å². The molecule has 0 aliphatic heterocycles. The first-order valence-electron chi connectivity index (χ1n) is 7.74. The summed E-state index contributed by atoms with van der Waals surface area (Å²) in [5.74, 6) is -1.82. The van der Waals surface area contributed by atoms with Crippen molar-refractivity contribution in [3.8, 4) is 5.75 Å². The smallest absolute Gasteiger partial charge is 0.334 e. The summed E-state index contributed by atoms with van der Waals surface area (Å²) in [4.78, 5) is 10.6. The zero-order chi connectivity index (χ0) is 19.3. The van der Waals surface area contributed by atoms with Gasteiger partial charge in [0.25, 0.3) is 0 Å². The van der Waals surface area contributed by atoms with Crippen LogP contribution in [-0.4, -0.2) is 34.5 Å². The third-order valence-electron chi connectivity index (χ3n) is 3.54.